The highest BCUT2D eigenvalue weighted by atomic mass is 16.1. The van der Waals surface area contributed by atoms with Gasteiger partial charge in [-0.05, 0) is 6.92 Å². The second kappa shape index (κ2) is 3.99. The third-order valence-electron chi connectivity index (χ3n) is 2.26. The maximum Gasteiger partial charge on any atom is 0.159 e. The van der Waals surface area contributed by atoms with E-state index < -0.39 is 0 Å². The molecule has 16 heavy (non-hydrogen) atoms. The zero-order valence-electron chi connectivity index (χ0n) is 8.69. The third-order valence-corrected chi connectivity index (χ3v) is 2.26. The Hall–Kier alpha value is -2.41. The van der Waals surface area contributed by atoms with Gasteiger partial charge in [0, 0.05) is 11.1 Å². The molecule has 78 valence electrons. The number of Topliss-reactive ketones (excluding diaryl/α,β-unsaturated/α-hetero) is 1. The fourth-order valence-corrected chi connectivity index (χ4v) is 1.39. The SMILES string of the molecule is CC(=O)c1ccc(-c2ncc(C#N)[nH]2)cc1. The number of carbonyl (C=O) groups is 1. The molecule has 2 rings (SSSR count). The van der Waals surface area contributed by atoms with Gasteiger partial charge in [0.1, 0.15) is 17.6 Å². The monoisotopic (exact) mass is 211 g/mol. The highest BCUT2D eigenvalue weighted by Gasteiger charge is 2.04. The Kier molecular flexibility index (Phi) is 2.52. The van der Waals surface area contributed by atoms with Crippen molar-refractivity contribution < 1.29 is 4.79 Å². The van der Waals surface area contributed by atoms with Gasteiger partial charge in [0.2, 0.25) is 0 Å². The van der Waals surface area contributed by atoms with Crippen LogP contribution in [0, 0.1) is 11.3 Å². The van der Waals surface area contributed by atoms with Crippen LogP contribution in [0.2, 0.25) is 0 Å². The molecule has 1 heterocycles. The number of rotatable bonds is 2. The van der Waals surface area contributed by atoms with E-state index in [1.807, 2.05) is 6.07 Å². The largest absolute Gasteiger partial charge is 0.330 e. The summed E-state index contributed by atoms with van der Waals surface area (Å²) in [4.78, 5) is 18.0. The lowest BCUT2D eigenvalue weighted by atomic mass is 10.1. The molecule has 0 fully saturated rings. The molecule has 0 aliphatic heterocycles. The number of aromatic amines is 1. The van der Waals surface area contributed by atoms with Crippen LogP contribution in [0.3, 0.4) is 0 Å². The molecule has 4 nitrogen and oxygen atoms in total. The first-order chi connectivity index (χ1) is 7.70. The predicted octanol–water partition coefficient (Wildman–Crippen LogP) is 2.15. The summed E-state index contributed by atoms with van der Waals surface area (Å²) < 4.78 is 0. The van der Waals surface area contributed by atoms with Crippen LogP contribution in [0.5, 0.6) is 0 Å². The third kappa shape index (κ3) is 1.84. The Balaban J connectivity index is 2.35. The molecule has 1 N–H and O–H groups in total. The molecule has 1 aromatic heterocycles. The first kappa shape index (κ1) is 10.1. The van der Waals surface area contributed by atoms with Crippen LogP contribution in [-0.4, -0.2) is 15.8 Å². The van der Waals surface area contributed by atoms with E-state index in [0.29, 0.717) is 17.1 Å². The van der Waals surface area contributed by atoms with Crippen molar-refractivity contribution in [2.45, 2.75) is 6.92 Å². The van der Waals surface area contributed by atoms with Gasteiger partial charge in [0.05, 0.1) is 6.20 Å². The molecule has 0 aliphatic rings. The van der Waals surface area contributed by atoms with E-state index in [-0.39, 0.29) is 5.78 Å². The molecule has 0 aliphatic carbocycles. The standard InChI is InChI=1S/C12H9N3O/c1-8(16)9-2-4-10(5-3-9)12-14-7-11(6-13)15-12/h2-5,7H,1H3,(H,14,15). The van der Waals surface area contributed by atoms with Gasteiger partial charge < -0.3 is 4.98 Å². The number of aromatic nitrogens is 2. The summed E-state index contributed by atoms with van der Waals surface area (Å²) in [6.45, 7) is 1.52. The van der Waals surface area contributed by atoms with Crippen molar-refractivity contribution in [3.8, 4) is 17.5 Å². The van der Waals surface area contributed by atoms with Gasteiger partial charge in [0.15, 0.2) is 5.78 Å². The number of carbonyl (C=O) groups excluding carboxylic acids is 1. The highest BCUT2D eigenvalue weighted by Crippen LogP contribution is 2.16. The van der Waals surface area contributed by atoms with Crippen LogP contribution >= 0.6 is 0 Å². The average Bonchev–Trinajstić information content (AvgIpc) is 2.77. The van der Waals surface area contributed by atoms with Gasteiger partial charge in [-0.1, -0.05) is 24.3 Å². The van der Waals surface area contributed by atoms with Gasteiger partial charge in [-0.3, -0.25) is 4.79 Å². The average molecular weight is 211 g/mol. The van der Waals surface area contributed by atoms with Crippen molar-refractivity contribution in [1.29, 1.82) is 5.26 Å². The van der Waals surface area contributed by atoms with Crippen molar-refractivity contribution in [3.05, 3.63) is 41.7 Å². The summed E-state index contributed by atoms with van der Waals surface area (Å²) in [6, 6.07) is 9.06. The number of nitrogens with zero attached hydrogens (tertiary/aromatic N) is 2. The van der Waals surface area contributed by atoms with Gasteiger partial charge in [-0.2, -0.15) is 5.26 Å². The lowest BCUT2D eigenvalue weighted by Gasteiger charge is -1.98. The lowest BCUT2D eigenvalue weighted by molar-refractivity contribution is 0.101. The van der Waals surface area contributed by atoms with E-state index in [1.54, 1.807) is 24.3 Å². The molecule has 4 heteroatoms. The van der Waals surface area contributed by atoms with Crippen molar-refractivity contribution in [2.24, 2.45) is 0 Å². The van der Waals surface area contributed by atoms with Crippen molar-refractivity contribution in [2.75, 3.05) is 0 Å². The van der Waals surface area contributed by atoms with Crippen LogP contribution in [0.1, 0.15) is 23.0 Å². The quantitative estimate of drug-likeness (QED) is 0.774. The number of imidazole rings is 1. The van der Waals surface area contributed by atoms with Crippen LogP contribution in [-0.2, 0) is 0 Å². The minimum Gasteiger partial charge on any atom is -0.330 e. The molecular weight excluding hydrogens is 202 g/mol. The molecule has 0 spiro atoms. The topological polar surface area (TPSA) is 69.5 Å². The van der Waals surface area contributed by atoms with Crippen molar-refractivity contribution in [3.63, 3.8) is 0 Å². The van der Waals surface area contributed by atoms with Crippen LogP contribution in [0.15, 0.2) is 30.5 Å². The van der Waals surface area contributed by atoms with Gasteiger partial charge in [-0.15, -0.1) is 0 Å². The lowest BCUT2D eigenvalue weighted by Crippen LogP contribution is -1.91. The van der Waals surface area contributed by atoms with E-state index in [0.717, 1.165) is 5.56 Å². The Morgan fingerprint density at radius 3 is 2.56 bits per heavy atom. The minimum absolute atomic E-state index is 0.0312. The summed E-state index contributed by atoms with van der Waals surface area (Å²) in [6.07, 6.45) is 1.48. The normalized spacial score (nSPS) is 9.75. The smallest absolute Gasteiger partial charge is 0.159 e. The molecule has 1 aromatic carbocycles. The van der Waals surface area contributed by atoms with E-state index in [2.05, 4.69) is 9.97 Å². The maximum absolute atomic E-state index is 11.1. The van der Waals surface area contributed by atoms with Crippen LogP contribution < -0.4 is 0 Å². The maximum atomic E-state index is 11.1. The summed E-state index contributed by atoms with van der Waals surface area (Å²) in [5.74, 6) is 0.662. The van der Waals surface area contributed by atoms with Crippen LogP contribution in [0.4, 0.5) is 0 Å². The molecule has 0 bridgehead atoms. The number of hydrogen-bond acceptors (Lipinski definition) is 3. The minimum atomic E-state index is 0.0312. The predicted molar refractivity (Wildman–Crippen MR) is 58.7 cm³/mol. The van der Waals surface area contributed by atoms with Crippen molar-refractivity contribution in [1.82, 2.24) is 9.97 Å². The van der Waals surface area contributed by atoms with E-state index in [4.69, 9.17) is 5.26 Å². The summed E-state index contributed by atoms with van der Waals surface area (Å²) in [5, 5.41) is 8.65. The van der Waals surface area contributed by atoms with Gasteiger partial charge in [-0.25, -0.2) is 4.98 Å². The second-order valence-corrected chi connectivity index (χ2v) is 3.39. The first-order valence-corrected chi connectivity index (χ1v) is 4.77. The number of nitriles is 1. The Labute approximate surface area is 92.6 Å². The molecular formula is C12H9N3O. The van der Waals surface area contributed by atoms with E-state index in [9.17, 15) is 4.79 Å². The van der Waals surface area contributed by atoms with Crippen LogP contribution in [0.25, 0.3) is 11.4 Å². The van der Waals surface area contributed by atoms with E-state index in [1.165, 1.54) is 13.1 Å². The summed E-state index contributed by atoms with van der Waals surface area (Å²) in [7, 11) is 0. The molecule has 0 unspecified atom stereocenters. The molecule has 2 aromatic rings. The van der Waals surface area contributed by atoms with E-state index >= 15 is 0 Å². The fraction of sp³-hybridized carbons (Fsp3) is 0.0833. The number of nitrogens with one attached hydrogen (secondary N) is 1. The molecule has 0 radical (unpaired) electrons. The first-order valence-electron chi connectivity index (χ1n) is 4.77. The zero-order chi connectivity index (χ0) is 11.5. The number of hydrogen-bond donors (Lipinski definition) is 1. The zero-order valence-corrected chi connectivity index (χ0v) is 8.69. The number of benzene rings is 1. The Bertz CT molecular complexity index is 561. The second-order valence-electron chi connectivity index (χ2n) is 3.39. The molecule has 0 saturated heterocycles. The summed E-state index contributed by atoms with van der Waals surface area (Å²) >= 11 is 0. The molecule has 0 amide bonds. The molecule has 0 atom stereocenters. The number of H-pyrrole nitrogens is 1. The van der Waals surface area contributed by atoms with Crippen molar-refractivity contribution >= 4 is 5.78 Å². The Morgan fingerprint density at radius 1 is 1.38 bits per heavy atom. The molecule has 0 saturated carbocycles. The van der Waals surface area contributed by atoms with Gasteiger partial charge >= 0.3 is 0 Å². The number of ketones is 1. The van der Waals surface area contributed by atoms with Gasteiger partial charge in [0.25, 0.3) is 0 Å². The Morgan fingerprint density at radius 2 is 2.06 bits per heavy atom. The summed E-state index contributed by atoms with van der Waals surface area (Å²) in [5.41, 5.74) is 1.94. The fourth-order valence-electron chi connectivity index (χ4n) is 1.39. The highest BCUT2D eigenvalue weighted by molar-refractivity contribution is 5.94.